The first-order valence-electron chi connectivity index (χ1n) is 9.83. The molecule has 0 bridgehead atoms. The van der Waals surface area contributed by atoms with Gasteiger partial charge in [0.2, 0.25) is 0 Å². The molecule has 1 saturated heterocycles. The van der Waals surface area contributed by atoms with Crippen molar-refractivity contribution in [3.8, 4) is 0 Å². The smallest absolute Gasteiger partial charge is 0.0576 e. The molecule has 2 fully saturated rings. The lowest BCUT2D eigenvalue weighted by atomic mass is 9.66. The second-order valence-electron chi connectivity index (χ2n) is 8.03. The molecule has 1 saturated carbocycles. The van der Waals surface area contributed by atoms with Crippen LogP contribution in [-0.4, -0.2) is 6.04 Å². The number of rotatable bonds is 1. The minimum absolute atomic E-state index is 0.594. The van der Waals surface area contributed by atoms with E-state index in [1.54, 1.807) is 11.1 Å². The van der Waals surface area contributed by atoms with Crippen LogP contribution in [0.15, 0.2) is 54.6 Å². The van der Waals surface area contributed by atoms with Crippen LogP contribution in [-0.2, 0) is 6.42 Å². The fraction of sp³-hybridized carbons (Fsp3) is 0.478. The van der Waals surface area contributed by atoms with Crippen molar-refractivity contribution in [2.45, 2.75) is 57.0 Å². The van der Waals surface area contributed by atoms with Crippen LogP contribution >= 0.6 is 0 Å². The lowest BCUT2D eigenvalue weighted by Gasteiger charge is -2.55. The molecule has 2 aromatic carbocycles. The third-order valence-corrected chi connectivity index (χ3v) is 6.79. The van der Waals surface area contributed by atoms with Crippen LogP contribution in [0.1, 0.15) is 55.7 Å². The van der Waals surface area contributed by atoms with Gasteiger partial charge in [0.1, 0.15) is 0 Å². The van der Waals surface area contributed by atoms with Crippen LogP contribution < -0.4 is 4.90 Å². The maximum atomic E-state index is 2.84. The van der Waals surface area contributed by atoms with Gasteiger partial charge in [0, 0.05) is 11.7 Å². The number of aryl methyl sites for hydroxylation is 1. The van der Waals surface area contributed by atoms with Gasteiger partial charge in [-0.15, -0.1) is 0 Å². The van der Waals surface area contributed by atoms with E-state index in [4.69, 9.17) is 0 Å². The number of piperidine rings is 1. The van der Waals surface area contributed by atoms with Crippen molar-refractivity contribution < 1.29 is 0 Å². The van der Waals surface area contributed by atoms with Gasteiger partial charge in [0.05, 0.1) is 6.04 Å². The SMILES string of the molecule is c1ccc(N2C3CCCCC3CC3CCc4ccccc4C32)cc1. The Bertz CT molecular complexity index is 707. The van der Waals surface area contributed by atoms with Crippen LogP contribution in [0.2, 0.25) is 0 Å². The molecule has 124 valence electrons. The summed E-state index contributed by atoms with van der Waals surface area (Å²) in [7, 11) is 0. The molecular weight excluding hydrogens is 290 g/mol. The minimum Gasteiger partial charge on any atom is -0.361 e. The molecule has 0 spiro atoms. The fourth-order valence-corrected chi connectivity index (χ4v) is 5.80. The minimum atomic E-state index is 0.594. The van der Waals surface area contributed by atoms with E-state index in [9.17, 15) is 0 Å². The molecule has 1 heterocycles. The molecule has 0 N–H and O–H groups in total. The van der Waals surface area contributed by atoms with E-state index in [-0.39, 0.29) is 0 Å². The maximum absolute atomic E-state index is 2.84. The first-order chi connectivity index (χ1) is 11.9. The lowest BCUT2D eigenvalue weighted by Crippen LogP contribution is -2.53. The highest BCUT2D eigenvalue weighted by Crippen LogP contribution is 2.52. The van der Waals surface area contributed by atoms with E-state index in [2.05, 4.69) is 59.5 Å². The lowest BCUT2D eigenvalue weighted by molar-refractivity contribution is 0.147. The van der Waals surface area contributed by atoms with Crippen molar-refractivity contribution in [1.29, 1.82) is 0 Å². The predicted molar refractivity (Wildman–Crippen MR) is 100 cm³/mol. The summed E-state index contributed by atoms with van der Waals surface area (Å²) in [6.07, 6.45) is 9.77. The highest BCUT2D eigenvalue weighted by Gasteiger charge is 2.45. The zero-order valence-corrected chi connectivity index (χ0v) is 14.4. The Morgan fingerprint density at radius 1 is 0.750 bits per heavy atom. The molecule has 2 aromatic rings. The van der Waals surface area contributed by atoms with Crippen LogP contribution in [0.3, 0.4) is 0 Å². The molecule has 3 aliphatic rings. The quantitative estimate of drug-likeness (QED) is 0.646. The van der Waals surface area contributed by atoms with E-state index in [1.807, 2.05) is 0 Å². The molecule has 0 amide bonds. The first kappa shape index (κ1) is 14.6. The summed E-state index contributed by atoms with van der Waals surface area (Å²) in [4.78, 5) is 2.84. The summed E-state index contributed by atoms with van der Waals surface area (Å²) in [5.41, 5.74) is 4.65. The zero-order valence-electron chi connectivity index (χ0n) is 14.4. The van der Waals surface area contributed by atoms with Crippen molar-refractivity contribution in [1.82, 2.24) is 0 Å². The van der Waals surface area contributed by atoms with Gasteiger partial charge >= 0.3 is 0 Å². The molecule has 1 heteroatoms. The molecule has 4 unspecified atom stereocenters. The van der Waals surface area contributed by atoms with Crippen LogP contribution in [0.25, 0.3) is 0 Å². The highest BCUT2D eigenvalue weighted by molar-refractivity contribution is 5.53. The van der Waals surface area contributed by atoms with E-state index in [0.717, 1.165) is 17.9 Å². The Hall–Kier alpha value is -1.76. The summed E-state index contributed by atoms with van der Waals surface area (Å²) in [6.45, 7) is 0. The second kappa shape index (κ2) is 5.95. The third kappa shape index (κ3) is 2.29. The predicted octanol–water partition coefficient (Wildman–Crippen LogP) is 5.76. The van der Waals surface area contributed by atoms with Gasteiger partial charge in [0.15, 0.2) is 0 Å². The standard InChI is InChI=1S/C23H27N/c1-2-10-20(11-3-1)24-22-13-7-5-9-18(22)16-19-15-14-17-8-4-6-12-21(17)23(19)24/h1-4,6,8,10-12,18-19,22-23H,5,7,9,13-16H2. The van der Waals surface area contributed by atoms with Gasteiger partial charge in [-0.2, -0.15) is 0 Å². The van der Waals surface area contributed by atoms with Gasteiger partial charge < -0.3 is 4.90 Å². The normalized spacial score (nSPS) is 31.8. The van der Waals surface area contributed by atoms with Gasteiger partial charge in [0.25, 0.3) is 0 Å². The topological polar surface area (TPSA) is 3.24 Å². The largest absolute Gasteiger partial charge is 0.361 e. The van der Waals surface area contributed by atoms with Gasteiger partial charge in [-0.05, 0) is 67.2 Å². The molecule has 4 atom stereocenters. The van der Waals surface area contributed by atoms with Gasteiger partial charge in [-0.25, -0.2) is 0 Å². The first-order valence-corrected chi connectivity index (χ1v) is 9.83. The summed E-state index contributed by atoms with van der Waals surface area (Å²) in [5.74, 6) is 1.74. The molecule has 5 rings (SSSR count). The molecule has 24 heavy (non-hydrogen) atoms. The van der Waals surface area contributed by atoms with Crippen LogP contribution in [0.4, 0.5) is 5.69 Å². The van der Waals surface area contributed by atoms with E-state index in [1.165, 1.54) is 50.6 Å². The van der Waals surface area contributed by atoms with Crippen molar-refractivity contribution in [3.05, 3.63) is 65.7 Å². The summed E-state index contributed by atoms with van der Waals surface area (Å²) >= 11 is 0. The van der Waals surface area contributed by atoms with Crippen LogP contribution in [0.5, 0.6) is 0 Å². The van der Waals surface area contributed by atoms with E-state index < -0.39 is 0 Å². The van der Waals surface area contributed by atoms with Gasteiger partial charge in [-0.1, -0.05) is 55.3 Å². The number of fused-ring (bicyclic) bond motifs is 4. The average molecular weight is 317 g/mol. The molecular formula is C23H27N. The van der Waals surface area contributed by atoms with Crippen molar-refractivity contribution in [3.63, 3.8) is 0 Å². The average Bonchev–Trinajstić information content (AvgIpc) is 2.66. The Labute approximate surface area is 145 Å². The zero-order chi connectivity index (χ0) is 15.9. The second-order valence-corrected chi connectivity index (χ2v) is 8.03. The number of benzene rings is 2. The van der Waals surface area contributed by atoms with E-state index >= 15 is 0 Å². The molecule has 1 aliphatic heterocycles. The van der Waals surface area contributed by atoms with E-state index in [0.29, 0.717) is 6.04 Å². The molecule has 0 radical (unpaired) electrons. The third-order valence-electron chi connectivity index (χ3n) is 6.79. The molecule has 2 aliphatic carbocycles. The highest BCUT2D eigenvalue weighted by atomic mass is 15.2. The van der Waals surface area contributed by atoms with Gasteiger partial charge in [-0.3, -0.25) is 0 Å². The van der Waals surface area contributed by atoms with Crippen molar-refractivity contribution in [2.24, 2.45) is 11.8 Å². The number of hydrogen-bond donors (Lipinski definition) is 0. The number of anilines is 1. The summed E-state index contributed by atoms with van der Waals surface area (Å²) in [6, 6.07) is 21.8. The maximum Gasteiger partial charge on any atom is 0.0576 e. The molecule has 1 nitrogen and oxygen atoms in total. The number of hydrogen-bond acceptors (Lipinski definition) is 1. The molecule has 0 aromatic heterocycles. The fourth-order valence-electron chi connectivity index (χ4n) is 5.80. The number of nitrogens with zero attached hydrogens (tertiary/aromatic N) is 1. The number of para-hydroxylation sites is 1. The van der Waals surface area contributed by atoms with Crippen molar-refractivity contribution in [2.75, 3.05) is 4.90 Å². The summed E-state index contributed by atoms with van der Waals surface area (Å²) < 4.78 is 0. The Morgan fingerprint density at radius 3 is 2.46 bits per heavy atom. The summed E-state index contributed by atoms with van der Waals surface area (Å²) in [5, 5.41) is 0. The monoisotopic (exact) mass is 317 g/mol. The Morgan fingerprint density at radius 2 is 1.54 bits per heavy atom. The Balaban J connectivity index is 1.63. The van der Waals surface area contributed by atoms with Crippen molar-refractivity contribution >= 4 is 5.69 Å². The van der Waals surface area contributed by atoms with Crippen LogP contribution in [0, 0.1) is 11.8 Å². The Kier molecular flexibility index (Phi) is 3.61.